The fourth-order valence-electron chi connectivity index (χ4n) is 3.87. The van der Waals surface area contributed by atoms with E-state index in [0.717, 1.165) is 11.3 Å². The van der Waals surface area contributed by atoms with Crippen molar-refractivity contribution in [3.63, 3.8) is 0 Å². The molecule has 1 aromatic carbocycles. The number of carbonyl (C=O) groups is 3. The second-order valence-corrected chi connectivity index (χ2v) is 7.53. The molecule has 0 saturated carbocycles. The number of nitrogens with zero attached hydrogens (tertiary/aromatic N) is 2. The number of hydrogen-bond donors (Lipinski definition) is 0. The quantitative estimate of drug-likeness (QED) is 0.762. The van der Waals surface area contributed by atoms with Gasteiger partial charge in [-0.05, 0) is 56.9 Å². The molecule has 0 aliphatic carbocycles. The third kappa shape index (κ3) is 4.15. The molecule has 0 N–H and O–H groups in total. The second kappa shape index (κ2) is 8.11. The monoisotopic (exact) mass is 372 g/mol. The van der Waals surface area contributed by atoms with E-state index in [1.165, 1.54) is 5.56 Å². The van der Waals surface area contributed by atoms with Crippen molar-refractivity contribution in [3.8, 4) is 0 Å². The highest BCUT2D eigenvalue weighted by atomic mass is 16.5. The molecule has 2 aliphatic rings. The average Bonchev–Trinajstić information content (AvgIpc) is 3.05. The molecule has 2 aliphatic heterocycles. The van der Waals surface area contributed by atoms with Gasteiger partial charge in [-0.25, -0.2) is 0 Å². The van der Waals surface area contributed by atoms with Gasteiger partial charge in [0, 0.05) is 31.7 Å². The molecule has 2 amide bonds. The third-order valence-electron chi connectivity index (χ3n) is 5.70. The van der Waals surface area contributed by atoms with Crippen molar-refractivity contribution >= 4 is 23.5 Å². The van der Waals surface area contributed by atoms with Crippen LogP contribution in [0.4, 0.5) is 5.69 Å². The molecule has 1 atom stereocenters. The Bertz CT molecular complexity index is 738. The van der Waals surface area contributed by atoms with E-state index in [4.69, 9.17) is 4.74 Å². The van der Waals surface area contributed by atoms with Crippen LogP contribution in [-0.4, -0.2) is 48.9 Å². The number of hydrogen-bond acceptors (Lipinski definition) is 4. The molecule has 6 nitrogen and oxygen atoms in total. The van der Waals surface area contributed by atoms with Gasteiger partial charge in [-0.3, -0.25) is 14.4 Å². The Morgan fingerprint density at radius 1 is 1.11 bits per heavy atom. The minimum Gasteiger partial charge on any atom is -0.466 e. The maximum absolute atomic E-state index is 12.9. The van der Waals surface area contributed by atoms with Crippen LogP contribution in [0.3, 0.4) is 0 Å². The van der Waals surface area contributed by atoms with E-state index in [1.807, 2.05) is 32.0 Å². The second-order valence-electron chi connectivity index (χ2n) is 7.53. The first-order valence-electron chi connectivity index (χ1n) is 9.73. The van der Waals surface area contributed by atoms with Crippen molar-refractivity contribution in [2.24, 2.45) is 11.8 Å². The van der Waals surface area contributed by atoms with E-state index >= 15 is 0 Å². The van der Waals surface area contributed by atoms with Crippen LogP contribution in [0.5, 0.6) is 0 Å². The Morgan fingerprint density at radius 3 is 2.44 bits per heavy atom. The molecular weight excluding hydrogens is 344 g/mol. The van der Waals surface area contributed by atoms with Gasteiger partial charge in [-0.15, -0.1) is 0 Å². The van der Waals surface area contributed by atoms with E-state index in [2.05, 4.69) is 0 Å². The predicted molar refractivity (Wildman–Crippen MR) is 102 cm³/mol. The molecule has 0 radical (unpaired) electrons. The van der Waals surface area contributed by atoms with Crippen LogP contribution >= 0.6 is 0 Å². The van der Waals surface area contributed by atoms with E-state index in [0.29, 0.717) is 39.1 Å². The highest BCUT2D eigenvalue weighted by Gasteiger charge is 2.38. The summed E-state index contributed by atoms with van der Waals surface area (Å²) in [5.74, 6) is -0.568. The summed E-state index contributed by atoms with van der Waals surface area (Å²) >= 11 is 0. The molecule has 1 aromatic rings. The average molecular weight is 372 g/mol. The lowest BCUT2D eigenvalue weighted by Gasteiger charge is -2.32. The van der Waals surface area contributed by atoms with E-state index < -0.39 is 0 Å². The Balaban J connectivity index is 1.59. The number of ether oxygens (including phenoxy) is 1. The van der Waals surface area contributed by atoms with Crippen molar-refractivity contribution < 1.29 is 19.1 Å². The standard InChI is InChI=1S/C21H28N2O4/c1-4-27-21(26)16-7-9-22(10-8-16)20(25)17-12-19(24)23(13-17)18-6-5-14(2)15(3)11-18/h5-6,11,16-17H,4,7-10,12-13H2,1-3H3/t17-/m0/s1. The first-order chi connectivity index (χ1) is 12.9. The maximum Gasteiger partial charge on any atom is 0.309 e. The van der Waals surface area contributed by atoms with Gasteiger partial charge in [-0.2, -0.15) is 0 Å². The number of amides is 2. The zero-order valence-electron chi connectivity index (χ0n) is 16.4. The van der Waals surface area contributed by atoms with Gasteiger partial charge in [0.1, 0.15) is 0 Å². The van der Waals surface area contributed by atoms with Crippen LogP contribution in [0.2, 0.25) is 0 Å². The van der Waals surface area contributed by atoms with E-state index in [9.17, 15) is 14.4 Å². The summed E-state index contributed by atoms with van der Waals surface area (Å²) in [5, 5.41) is 0. The Kier molecular flexibility index (Phi) is 5.82. The molecule has 0 spiro atoms. The summed E-state index contributed by atoms with van der Waals surface area (Å²) in [6.45, 7) is 7.78. The lowest BCUT2D eigenvalue weighted by molar-refractivity contribution is -0.151. The van der Waals surface area contributed by atoms with Gasteiger partial charge in [0.2, 0.25) is 11.8 Å². The molecule has 3 rings (SSSR count). The van der Waals surface area contributed by atoms with Crippen molar-refractivity contribution in [3.05, 3.63) is 29.3 Å². The first-order valence-corrected chi connectivity index (χ1v) is 9.73. The van der Waals surface area contributed by atoms with Gasteiger partial charge in [0.05, 0.1) is 18.4 Å². The lowest BCUT2D eigenvalue weighted by Crippen LogP contribution is -2.44. The van der Waals surface area contributed by atoms with Gasteiger partial charge >= 0.3 is 5.97 Å². The summed E-state index contributed by atoms with van der Waals surface area (Å²) in [5.41, 5.74) is 3.18. The lowest BCUT2D eigenvalue weighted by atomic mass is 9.95. The number of benzene rings is 1. The van der Waals surface area contributed by atoms with E-state index in [1.54, 1.807) is 16.7 Å². The predicted octanol–water partition coefficient (Wildman–Crippen LogP) is 2.46. The fraction of sp³-hybridized carbons (Fsp3) is 0.571. The minimum absolute atomic E-state index is 0.00184. The molecule has 2 heterocycles. The molecule has 0 unspecified atom stereocenters. The highest BCUT2D eigenvalue weighted by molar-refractivity contribution is 6.00. The van der Waals surface area contributed by atoms with E-state index in [-0.39, 0.29) is 36.0 Å². The molecule has 6 heteroatoms. The molecule has 2 saturated heterocycles. The Labute approximate surface area is 160 Å². The van der Waals surface area contributed by atoms with Crippen LogP contribution in [0.25, 0.3) is 0 Å². The SMILES string of the molecule is CCOC(=O)C1CCN(C(=O)[C@H]2CC(=O)N(c3ccc(C)c(C)c3)C2)CC1. The van der Waals surface area contributed by atoms with Gasteiger partial charge < -0.3 is 14.5 Å². The van der Waals surface area contributed by atoms with Crippen molar-refractivity contribution in [2.75, 3.05) is 31.1 Å². The zero-order chi connectivity index (χ0) is 19.6. The zero-order valence-corrected chi connectivity index (χ0v) is 16.4. The largest absolute Gasteiger partial charge is 0.466 e. The van der Waals surface area contributed by atoms with Crippen LogP contribution in [0, 0.1) is 25.7 Å². The summed E-state index contributed by atoms with van der Waals surface area (Å²) in [4.78, 5) is 40.7. The Morgan fingerprint density at radius 2 is 1.81 bits per heavy atom. The smallest absolute Gasteiger partial charge is 0.309 e. The topological polar surface area (TPSA) is 66.9 Å². The minimum atomic E-state index is -0.307. The van der Waals surface area contributed by atoms with Crippen molar-refractivity contribution in [1.29, 1.82) is 0 Å². The maximum atomic E-state index is 12.9. The number of anilines is 1. The summed E-state index contributed by atoms with van der Waals surface area (Å²) in [6.07, 6.45) is 1.52. The highest BCUT2D eigenvalue weighted by Crippen LogP contribution is 2.29. The normalized spacial score (nSPS) is 20.9. The number of esters is 1. The molecule has 0 bridgehead atoms. The molecule has 146 valence electrons. The summed E-state index contributed by atoms with van der Waals surface area (Å²) in [6, 6.07) is 5.95. The summed E-state index contributed by atoms with van der Waals surface area (Å²) in [7, 11) is 0. The van der Waals surface area contributed by atoms with Gasteiger partial charge in [-0.1, -0.05) is 6.07 Å². The van der Waals surface area contributed by atoms with Crippen molar-refractivity contribution in [2.45, 2.75) is 40.0 Å². The summed E-state index contributed by atoms with van der Waals surface area (Å²) < 4.78 is 5.08. The van der Waals surface area contributed by atoms with Crippen LogP contribution in [-0.2, 0) is 19.1 Å². The number of carbonyl (C=O) groups excluding carboxylic acids is 3. The van der Waals surface area contributed by atoms with Gasteiger partial charge in [0.25, 0.3) is 0 Å². The van der Waals surface area contributed by atoms with Crippen molar-refractivity contribution in [1.82, 2.24) is 4.90 Å². The van der Waals surface area contributed by atoms with Crippen LogP contribution < -0.4 is 4.90 Å². The fourth-order valence-corrected chi connectivity index (χ4v) is 3.87. The number of piperidine rings is 1. The molecular formula is C21H28N2O4. The van der Waals surface area contributed by atoms with Crippen LogP contribution in [0.1, 0.15) is 37.3 Å². The molecule has 2 fully saturated rings. The molecule has 0 aromatic heterocycles. The third-order valence-corrected chi connectivity index (χ3v) is 5.70. The van der Waals surface area contributed by atoms with Crippen LogP contribution in [0.15, 0.2) is 18.2 Å². The Hall–Kier alpha value is -2.37. The molecule has 27 heavy (non-hydrogen) atoms. The first kappa shape index (κ1) is 19.4. The number of rotatable bonds is 4. The van der Waals surface area contributed by atoms with Gasteiger partial charge in [0.15, 0.2) is 0 Å². The number of likely N-dealkylation sites (tertiary alicyclic amines) is 1. The number of aryl methyl sites for hydroxylation is 2.